The van der Waals surface area contributed by atoms with E-state index in [2.05, 4.69) is 0 Å². The summed E-state index contributed by atoms with van der Waals surface area (Å²) in [5, 5.41) is 9.39. The summed E-state index contributed by atoms with van der Waals surface area (Å²) in [5.41, 5.74) is 0.856. The maximum Gasteiger partial charge on any atom is 0.336 e. The van der Waals surface area contributed by atoms with Gasteiger partial charge in [0, 0.05) is 11.1 Å². The fourth-order valence-electron chi connectivity index (χ4n) is 2.63. The quantitative estimate of drug-likeness (QED) is 0.945. The van der Waals surface area contributed by atoms with Crippen molar-refractivity contribution >= 4 is 5.97 Å². The molecule has 0 aliphatic carbocycles. The number of hydrogen-bond acceptors (Lipinski definition) is 3. The monoisotopic (exact) mass is 302 g/mol. The molecule has 2 aromatic carbocycles. The van der Waals surface area contributed by atoms with Crippen LogP contribution >= 0.6 is 0 Å². The van der Waals surface area contributed by atoms with Gasteiger partial charge in [-0.05, 0) is 13.0 Å². The van der Waals surface area contributed by atoms with Crippen LogP contribution in [0.2, 0.25) is 0 Å². The summed E-state index contributed by atoms with van der Waals surface area (Å²) in [4.78, 5) is 11.5. The Hall–Kier alpha value is -2.24. The fourth-order valence-corrected chi connectivity index (χ4v) is 2.63. The third kappa shape index (κ3) is 2.49. The predicted molar refractivity (Wildman–Crippen MR) is 76.5 cm³/mol. The minimum absolute atomic E-state index is 0.176. The summed E-state index contributed by atoms with van der Waals surface area (Å²) in [5.74, 6) is -2.94. The molecule has 1 N–H and O–H groups in total. The Bertz CT molecular complexity index is 688. The normalized spacial score (nSPS) is 27.7. The summed E-state index contributed by atoms with van der Waals surface area (Å²) in [6.45, 7) is 1.64. The second-order valence-electron chi connectivity index (χ2n) is 5.25. The highest BCUT2D eigenvalue weighted by molar-refractivity contribution is 5.74. The first kappa shape index (κ1) is 14.7. The molecule has 1 heterocycles. The van der Waals surface area contributed by atoms with Crippen molar-refractivity contribution in [1.82, 2.24) is 0 Å². The largest absolute Gasteiger partial charge is 0.479 e. The number of carboxylic acids is 1. The van der Waals surface area contributed by atoms with Gasteiger partial charge in [0.25, 0.3) is 0 Å². The molecule has 1 aliphatic rings. The van der Waals surface area contributed by atoms with Crippen LogP contribution in [0.15, 0.2) is 54.6 Å². The summed E-state index contributed by atoms with van der Waals surface area (Å²) < 4.78 is 25.5. The molecule has 0 radical (unpaired) electrons. The highest BCUT2D eigenvalue weighted by Crippen LogP contribution is 2.44. The molecule has 3 atom stereocenters. The molecule has 5 heteroatoms. The van der Waals surface area contributed by atoms with E-state index in [4.69, 9.17) is 9.47 Å². The van der Waals surface area contributed by atoms with E-state index in [9.17, 15) is 14.3 Å². The standard InChI is InChI=1S/C17H15FO4/c1-17(11-7-3-2-4-8-11)21-14(15(22-17)16(19)20)12-9-5-6-10-13(12)18/h2-10,14-15H,1H3,(H,19,20)/t14-,15+,17?/m1/s1. The SMILES string of the molecule is CC1(c2ccccc2)O[C@H](C(=O)O)[C@@H](c2ccccc2F)O1. The average molecular weight is 302 g/mol. The van der Waals surface area contributed by atoms with Gasteiger partial charge in [-0.1, -0.05) is 48.5 Å². The topological polar surface area (TPSA) is 55.8 Å². The molecular formula is C17H15FO4. The lowest BCUT2D eigenvalue weighted by molar-refractivity contribution is -0.179. The highest BCUT2D eigenvalue weighted by atomic mass is 19.1. The van der Waals surface area contributed by atoms with Gasteiger partial charge in [-0.2, -0.15) is 0 Å². The van der Waals surface area contributed by atoms with Crippen molar-refractivity contribution in [3.8, 4) is 0 Å². The Labute approximate surface area is 127 Å². The Morgan fingerprint density at radius 1 is 1.09 bits per heavy atom. The minimum Gasteiger partial charge on any atom is -0.479 e. The molecule has 114 valence electrons. The summed E-state index contributed by atoms with van der Waals surface area (Å²) >= 11 is 0. The van der Waals surface area contributed by atoms with Crippen LogP contribution in [0.5, 0.6) is 0 Å². The van der Waals surface area contributed by atoms with Gasteiger partial charge >= 0.3 is 5.97 Å². The van der Waals surface area contributed by atoms with Crippen LogP contribution in [-0.4, -0.2) is 17.2 Å². The van der Waals surface area contributed by atoms with Gasteiger partial charge in [0.2, 0.25) is 0 Å². The lowest BCUT2D eigenvalue weighted by Crippen LogP contribution is -2.28. The smallest absolute Gasteiger partial charge is 0.336 e. The Kier molecular flexibility index (Phi) is 3.68. The molecule has 0 amide bonds. The van der Waals surface area contributed by atoms with Gasteiger partial charge in [0.15, 0.2) is 11.9 Å². The lowest BCUT2D eigenvalue weighted by atomic mass is 10.0. The first-order valence-corrected chi connectivity index (χ1v) is 6.90. The molecule has 1 aliphatic heterocycles. The van der Waals surface area contributed by atoms with Crippen molar-refractivity contribution in [3.05, 3.63) is 71.5 Å². The number of benzene rings is 2. The minimum atomic E-state index is -1.28. The molecule has 1 saturated heterocycles. The molecule has 3 rings (SSSR count). The zero-order valence-corrected chi connectivity index (χ0v) is 11.9. The van der Waals surface area contributed by atoms with Crippen molar-refractivity contribution in [2.75, 3.05) is 0 Å². The summed E-state index contributed by atoms with van der Waals surface area (Å²) in [6.07, 6.45) is -2.29. The van der Waals surface area contributed by atoms with Gasteiger partial charge in [-0.25, -0.2) is 9.18 Å². The van der Waals surface area contributed by atoms with Crippen LogP contribution in [0, 0.1) is 5.82 Å². The number of halogens is 1. The van der Waals surface area contributed by atoms with Crippen LogP contribution in [0.4, 0.5) is 4.39 Å². The highest BCUT2D eigenvalue weighted by Gasteiger charge is 2.50. The molecule has 4 nitrogen and oxygen atoms in total. The number of carboxylic acid groups (broad SMARTS) is 1. The summed E-state index contributed by atoms with van der Waals surface area (Å²) in [6, 6.07) is 15.0. The van der Waals surface area contributed by atoms with Gasteiger partial charge in [0.1, 0.15) is 11.9 Å². The van der Waals surface area contributed by atoms with Crippen molar-refractivity contribution in [3.63, 3.8) is 0 Å². The fraction of sp³-hybridized carbons (Fsp3) is 0.235. The number of rotatable bonds is 3. The van der Waals surface area contributed by atoms with E-state index >= 15 is 0 Å². The molecule has 0 saturated carbocycles. The third-order valence-corrected chi connectivity index (χ3v) is 3.73. The molecule has 1 unspecified atom stereocenters. The van der Waals surface area contributed by atoms with E-state index in [0.717, 1.165) is 0 Å². The van der Waals surface area contributed by atoms with Crippen molar-refractivity contribution in [1.29, 1.82) is 0 Å². The third-order valence-electron chi connectivity index (χ3n) is 3.73. The van der Waals surface area contributed by atoms with E-state index in [1.54, 1.807) is 43.3 Å². The average Bonchev–Trinajstić information content (AvgIpc) is 2.88. The van der Waals surface area contributed by atoms with Crippen molar-refractivity contribution in [2.45, 2.75) is 24.9 Å². The van der Waals surface area contributed by atoms with E-state index in [0.29, 0.717) is 5.56 Å². The van der Waals surface area contributed by atoms with Gasteiger partial charge < -0.3 is 14.6 Å². The van der Waals surface area contributed by atoms with Gasteiger partial charge in [0.05, 0.1) is 0 Å². The van der Waals surface area contributed by atoms with Crippen LogP contribution in [-0.2, 0) is 20.1 Å². The number of aliphatic carboxylic acids is 1. The maximum absolute atomic E-state index is 14.0. The lowest BCUT2D eigenvalue weighted by Gasteiger charge is -2.23. The second-order valence-corrected chi connectivity index (χ2v) is 5.25. The maximum atomic E-state index is 14.0. The Morgan fingerprint density at radius 3 is 2.36 bits per heavy atom. The van der Waals surface area contributed by atoms with Gasteiger partial charge in [-0.3, -0.25) is 0 Å². The van der Waals surface area contributed by atoms with Crippen molar-refractivity contribution in [2.24, 2.45) is 0 Å². The molecule has 22 heavy (non-hydrogen) atoms. The first-order valence-electron chi connectivity index (χ1n) is 6.90. The Balaban J connectivity index is 2.01. The molecule has 0 spiro atoms. The number of carbonyl (C=O) groups is 1. The van der Waals surface area contributed by atoms with Crippen LogP contribution < -0.4 is 0 Å². The zero-order valence-electron chi connectivity index (χ0n) is 11.9. The van der Waals surface area contributed by atoms with E-state index < -0.39 is 29.8 Å². The van der Waals surface area contributed by atoms with Crippen LogP contribution in [0.3, 0.4) is 0 Å². The molecule has 1 fully saturated rings. The molecule has 2 aromatic rings. The number of ether oxygens (including phenoxy) is 2. The predicted octanol–water partition coefficient (Wildman–Crippen LogP) is 3.24. The van der Waals surface area contributed by atoms with E-state index in [1.165, 1.54) is 12.1 Å². The molecular weight excluding hydrogens is 287 g/mol. The Morgan fingerprint density at radius 2 is 1.73 bits per heavy atom. The zero-order chi connectivity index (χ0) is 15.7. The molecule has 0 aromatic heterocycles. The van der Waals surface area contributed by atoms with Crippen molar-refractivity contribution < 1.29 is 23.8 Å². The molecule has 0 bridgehead atoms. The van der Waals surface area contributed by atoms with E-state index in [-0.39, 0.29) is 5.56 Å². The first-order chi connectivity index (χ1) is 10.5. The summed E-state index contributed by atoms with van der Waals surface area (Å²) in [7, 11) is 0. The van der Waals surface area contributed by atoms with Crippen LogP contribution in [0.1, 0.15) is 24.2 Å². The van der Waals surface area contributed by atoms with E-state index in [1.807, 2.05) is 6.07 Å². The number of hydrogen-bond donors (Lipinski definition) is 1. The van der Waals surface area contributed by atoms with Gasteiger partial charge in [-0.15, -0.1) is 0 Å². The van der Waals surface area contributed by atoms with Crippen LogP contribution in [0.25, 0.3) is 0 Å². The second kappa shape index (κ2) is 5.51.